The Kier molecular flexibility index (Phi) is 5.93. The molecular weight excluding hydrogens is 457 g/mol. The number of amides is 1. The van der Waals surface area contributed by atoms with Crippen molar-refractivity contribution in [3.63, 3.8) is 0 Å². The fourth-order valence-electron chi connectivity index (χ4n) is 3.16. The van der Waals surface area contributed by atoms with Gasteiger partial charge in [-0.2, -0.15) is 13.2 Å². The number of anilines is 4. The number of hydrogen-bond donors (Lipinski definition) is 4. The molecule has 0 spiro atoms. The smallest absolute Gasteiger partial charge is 0.393 e. The number of nitrogens with two attached hydrogens (primary N) is 1. The molecule has 0 bridgehead atoms. The molecule has 0 aliphatic rings. The minimum atomic E-state index is -4.62. The average molecular weight is 473 g/mol. The van der Waals surface area contributed by atoms with E-state index in [0.29, 0.717) is 5.56 Å². The fourth-order valence-corrected chi connectivity index (χ4v) is 3.38. The molecule has 4 rings (SSSR count). The summed E-state index contributed by atoms with van der Waals surface area (Å²) < 4.78 is 39.3. The summed E-state index contributed by atoms with van der Waals surface area (Å²) >= 11 is 5.65. The van der Waals surface area contributed by atoms with E-state index in [1.54, 1.807) is 12.1 Å². The van der Waals surface area contributed by atoms with E-state index in [-0.39, 0.29) is 23.0 Å². The quantitative estimate of drug-likeness (QED) is 0.290. The Morgan fingerprint density at radius 2 is 1.70 bits per heavy atom. The Morgan fingerprint density at radius 1 is 0.970 bits per heavy atom. The minimum absolute atomic E-state index is 0.0146. The number of rotatable bonds is 5. The third-order valence-electron chi connectivity index (χ3n) is 4.75. The number of alkyl halides is 3. The minimum Gasteiger partial charge on any atom is -0.393 e. The highest BCUT2D eigenvalue weighted by Crippen LogP contribution is 2.37. The number of halogens is 4. The van der Waals surface area contributed by atoms with Crippen molar-refractivity contribution in [1.29, 1.82) is 0 Å². The first-order chi connectivity index (χ1) is 15.7. The molecule has 7 nitrogen and oxygen atoms in total. The molecule has 0 aliphatic heterocycles. The monoisotopic (exact) mass is 472 g/mol. The van der Waals surface area contributed by atoms with E-state index < -0.39 is 22.7 Å². The molecule has 4 aromatic rings. The highest BCUT2D eigenvalue weighted by molar-refractivity contribution is 6.31. The van der Waals surface area contributed by atoms with Gasteiger partial charge in [0.1, 0.15) is 12.0 Å². The van der Waals surface area contributed by atoms with Crippen molar-refractivity contribution in [2.75, 3.05) is 16.5 Å². The Hall–Kier alpha value is -4.05. The Morgan fingerprint density at radius 3 is 2.48 bits per heavy atom. The molecule has 0 fully saturated rings. The summed E-state index contributed by atoms with van der Waals surface area (Å²) in [7, 11) is 0. The van der Waals surface area contributed by atoms with Crippen molar-refractivity contribution < 1.29 is 18.0 Å². The topological polar surface area (TPSA) is 105 Å². The van der Waals surface area contributed by atoms with Gasteiger partial charge in [0.05, 0.1) is 10.6 Å². The van der Waals surface area contributed by atoms with Crippen LogP contribution in [0.2, 0.25) is 5.02 Å². The van der Waals surface area contributed by atoms with E-state index in [9.17, 15) is 18.0 Å². The number of carbonyl (C=O) groups excluding carboxylic acids is 1. The molecular formula is C22H16ClF3N6O. The lowest BCUT2D eigenvalue weighted by Crippen LogP contribution is -2.30. The second-order valence-corrected chi connectivity index (χ2v) is 7.31. The van der Waals surface area contributed by atoms with Crippen LogP contribution in [0.4, 0.5) is 36.2 Å². The van der Waals surface area contributed by atoms with Gasteiger partial charge in [0.15, 0.2) is 11.6 Å². The van der Waals surface area contributed by atoms with Crippen LogP contribution in [-0.4, -0.2) is 15.9 Å². The second-order valence-electron chi connectivity index (χ2n) is 6.91. The third kappa shape index (κ3) is 4.75. The fraction of sp³-hybridized carbons (Fsp3) is 0.0455. The second kappa shape index (κ2) is 8.83. The molecule has 0 atom stereocenters. The summed E-state index contributed by atoms with van der Waals surface area (Å²) in [5.74, 6) is -0.319. The maximum atomic E-state index is 13.1. The van der Waals surface area contributed by atoms with Gasteiger partial charge >= 0.3 is 6.18 Å². The molecule has 0 radical (unpaired) electrons. The van der Waals surface area contributed by atoms with Crippen molar-refractivity contribution in [1.82, 2.24) is 15.4 Å². The number of nitrogen functional groups attached to an aromatic ring is 1. The SMILES string of the molecule is Nc1c(NNC(=O)c2cccc3ccccc23)ncnc1Nc1ccc(Cl)c(C(F)(F)F)c1. The molecule has 168 valence electrons. The molecule has 0 unspecified atom stereocenters. The molecule has 0 aliphatic carbocycles. The van der Waals surface area contributed by atoms with Gasteiger partial charge < -0.3 is 11.1 Å². The number of hydrazine groups is 1. The van der Waals surface area contributed by atoms with E-state index in [1.807, 2.05) is 30.3 Å². The van der Waals surface area contributed by atoms with Crippen LogP contribution >= 0.6 is 11.6 Å². The standard InChI is InChI=1S/C22H16ClF3N6O/c23-17-9-8-13(10-16(17)22(24,25)26)30-19-18(27)20(29-11-28-19)31-32-21(33)15-7-3-5-12-4-1-2-6-14(12)15/h1-11H,27H2,(H,32,33)(H2,28,29,30,31). The van der Waals surface area contributed by atoms with Crippen LogP contribution in [0.25, 0.3) is 10.8 Å². The number of fused-ring (bicyclic) bond motifs is 1. The number of carbonyl (C=O) groups is 1. The van der Waals surface area contributed by atoms with Gasteiger partial charge in [0.2, 0.25) is 0 Å². The van der Waals surface area contributed by atoms with Gasteiger partial charge in [-0.3, -0.25) is 15.6 Å². The summed E-state index contributed by atoms with van der Waals surface area (Å²) in [6, 6.07) is 16.1. The highest BCUT2D eigenvalue weighted by atomic mass is 35.5. The van der Waals surface area contributed by atoms with Gasteiger partial charge in [0, 0.05) is 11.3 Å². The zero-order valence-electron chi connectivity index (χ0n) is 16.7. The van der Waals surface area contributed by atoms with Crippen LogP contribution in [0.5, 0.6) is 0 Å². The number of hydrogen-bond acceptors (Lipinski definition) is 6. The molecule has 1 aromatic heterocycles. The predicted molar refractivity (Wildman–Crippen MR) is 121 cm³/mol. The van der Waals surface area contributed by atoms with Crippen LogP contribution in [0.3, 0.4) is 0 Å². The molecule has 0 saturated carbocycles. The average Bonchev–Trinajstić information content (AvgIpc) is 2.79. The first-order valence-electron chi connectivity index (χ1n) is 9.52. The number of nitrogens with zero attached hydrogens (tertiary/aromatic N) is 2. The summed E-state index contributed by atoms with van der Waals surface area (Å²) in [5.41, 5.74) is 10.7. The Balaban J connectivity index is 1.53. The first kappa shape index (κ1) is 22.2. The normalized spacial score (nSPS) is 11.3. The van der Waals surface area contributed by atoms with Crippen molar-refractivity contribution in [3.05, 3.63) is 83.1 Å². The lowest BCUT2D eigenvalue weighted by Gasteiger charge is -2.15. The van der Waals surface area contributed by atoms with Crippen molar-refractivity contribution in [2.24, 2.45) is 0 Å². The van der Waals surface area contributed by atoms with E-state index >= 15 is 0 Å². The Labute approximate surface area is 190 Å². The van der Waals surface area contributed by atoms with Crippen LogP contribution in [0.1, 0.15) is 15.9 Å². The summed E-state index contributed by atoms with van der Waals surface area (Å²) in [5, 5.41) is 3.95. The van der Waals surface area contributed by atoms with Gasteiger partial charge in [0.25, 0.3) is 5.91 Å². The molecule has 0 saturated heterocycles. The van der Waals surface area contributed by atoms with Crippen LogP contribution in [0.15, 0.2) is 67.0 Å². The van der Waals surface area contributed by atoms with Crippen molar-refractivity contribution in [2.45, 2.75) is 6.18 Å². The molecule has 3 aromatic carbocycles. The summed E-state index contributed by atoms with van der Waals surface area (Å²) in [6.45, 7) is 0. The maximum Gasteiger partial charge on any atom is 0.417 e. The first-order valence-corrected chi connectivity index (χ1v) is 9.90. The van der Waals surface area contributed by atoms with Crippen LogP contribution in [-0.2, 0) is 6.18 Å². The third-order valence-corrected chi connectivity index (χ3v) is 5.08. The largest absolute Gasteiger partial charge is 0.417 e. The van der Waals surface area contributed by atoms with Crippen molar-refractivity contribution >= 4 is 51.3 Å². The van der Waals surface area contributed by atoms with E-state index in [1.165, 1.54) is 6.07 Å². The highest BCUT2D eigenvalue weighted by Gasteiger charge is 2.33. The molecule has 1 heterocycles. The van der Waals surface area contributed by atoms with E-state index in [2.05, 4.69) is 26.1 Å². The van der Waals surface area contributed by atoms with Gasteiger partial charge in [-0.15, -0.1) is 0 Å². The zero-order chi connectivity index (χ0) is 23.6. The number of aromatic nitrogens is 2. The Bertz CT molecular complexity index is 1340. The molecule has 33 heavy (non-hydrogen) atoms. The lowest BCUT2D eigenvalue weighted by molar-refractivity contribution is -0.137. The molecule has 11 heteroatoms. The summed E-state index contributed by atoms with van der Waals surface area (Å²) in [6.07, 6.45) is -3.48. The summed E-state index contributed by atoms with van der Waals surface area (Å²) in [4.78, 5) is 20.6. The van der Waals surface area contributed by atoms with Crippen LogP contribution < -0.4 is 21.9 Å². The maximum absolute atomic E-state index is 13.1. The zero-order valence-corrected chi connectivity index (χ0v) is 17.5. The predicted octanol–water partition coefficient (Wildman–Crippen LogP) is 5.38. The van der Waals surface area contributed by atoms with Gasteiger partial charge in [-0.05, 0) is 35.0 Å². The van der Waals surface area contributed by atoms with Crippen molar-refractivity contribution in [3.8, 4) is 0 Å². The van der Waals surface area contributed by atoms with Gasteiger partial charge in [-0.1, -0.05) is 48.0 Å². The lowest BCUT2D eigenvalue weighted by atomic mass is 10.0. The van der Waals surface area contributed by atoms with Gasteiger partial charge in [-0.25, -0.2) is 9.97 Å². The molecule has 5 N–H and O–H groups in total. The van der Waals surface area contributed by atoms with Crippen LogP contribution in [0, 0.1) is 0 Å². The van der Waals surface area contributed by atoms with E-state index in [0.717, 1.165) is 29.2 Å². The van der Waals surface area contributed by atoms with E-state index in [4.69, 9.17) is 17.3 Å². The number of nitrogens with one attached hydrogen (secondary N) is 3. The number of benzene rings is 3. The molecule has 1 amide bonds.